The van der Waals surface area contributed by atoms with Gasteiger partial charge in [-0.05, 0) is 11.6 Å². The molecule has 1 aliphatic heterocycles. The molecule has 0 spiro atoms. The quantitative estimate of drug-likeness (QED) is 0.945. The van der Waals surface area contributed by atoms with Gasteiger partial charge in [0.05, 0.1) is 0 Å². The van der Waals surface area contributed by atoms with Gasteiger partial charge in [-0.25, -0.2) is 4.79 Å². The van der Waals surface area contributed by atoms with Gasteiger partial charge >= 0.3 is 6.09 Å². The highest BCUT2D eigenvalue weighted by Crippen LogP contribution is 2.41. The zero-order chi connectivity index (χ0) is 14.8. The number of amides is 1. The van der Waals surface area contributed by atoms with E-state index in [4.69, 9.17) is 26.8 Å². The summed E-state index contributed by atoms with van der Waals surface area (Å²) in [4.78, 5) is 10.7. The monoisotopic (exact) mass is 303 g/mol. The molecule has 0 radical (unpaired) electrons. The van der Waals surface area contributed by atoms with Crippen LogP contribution in [0.1, 0.15) is 5.56 Å². The molecule has 108 valence electrons. The lowest BCUT2D eigenvalue weighted by Gasteiger charge is -2.13. The molecule has 2 aromatic rings. The van der Waals surface area contributed by atoms with Crippen molar-refractivity contribution < 1.29 is 14.3 Å². The van der Waals surface area contributed by atoms with Crippen molar-refractivity contribution in [3.63, 3.8) is 0 Å². The normalized spacial score (nSPS) is 16.1. The number of hydrogen-bond donors (Lipinski definition) is 1. The van der Waals surface area contributed by atoms with Crippen LogP contribution >= 0.6 is 11.6 Å². The van der Waals surface area contributed by atoms with Gasteiger partial charge in [0.2, 0.25) is 0 Å². The maximum atomic E-state index is 10.7. The third-order valence-electron chi connectivity index (χ3n) is 3.40. The minimum atomic E-state index is -0.791. The molecule has 1 aliphatic rings. The van der Waals surface area contributed by atoms with E-state index < -0.39 is 6.09 Å². The Hall–Kier alpha value is -2.20. The predicted molar refractivity (Wildman–Crippen MR) is 80.5 cm³/mol. The number of rotatable bonds is 3. The third-order valence-corrected chi connectivity index (χ3v) is 3.73. The number of hydrogen-bond acceptors (Lipinski definition) is 3. The Morgan fingerprint density at radius 3 is 2.76 bits per heavy atom. The van der Waals surface area contributed by atoms with Crippen LogP contribution in [0.2, 0.25) is 5.02 Å². The molecule has 21 heavy (non-hydrogen) atoms. The number of nitrogens with two attached hydrogens (primary N) is 1. The second-order valence-electron chi connectivity index (χ2n) is 4.85. The molecule has 0 aliphatic carbocycles. The van der Waals surface area contributed by atoms with Crippen LogP contribution in [0.25, 0.3) is 11.1 Å². The van der Waals surface area contributed by atoms with Crippen molar-refractivity contribution in [1.29, 1.82) is 0 Å². The van der Waals surface area contributed by atoms with Gasteiger partial charge in [0.25, 0.3) is 0 Å². The van der Waals surface area contributed by atoms with Crippen molar-refractivity contribution in [3.05, 3.63) is 53.1 Å². The van der Waals surface area contributed by atoms with Crippen LogP contribution in [0.4, 0.5) is 4.79 Å². The Morgan fingerprint density at radius 1 is 1.24 bits per heavy atom. The number of carbonyl (C=O) groups excluding carboxylic acids is 1. The first-order valence-electron chi connectivity index (χ1n) is 6.61. The molecule has 0 saturated heterocycles. The van der Waals surface area contributed by atoms with Gasteiger partial charge in [-0.2, -0.15) is 0 Å². The summed E-state index contributed by atoms with van der Waals surface area (Å²) in [6.07, 6.45) is -0.321. The van der Waals surface area contributed by atoms with E-state index in [1.807, 2.05) is 42.5 Å². The molecule has 5 heteroatoms. The lowest BCUT2D eigenvalue weighted by atomic mass is 10.0. The predicted octanol–water partition coefficient (Wildman–Crippen LogP) is 3.41. The summed E-state index contributed by atoms with van der Waals surface area (Å²) >= 11 is 6.26. The highest BCUT2D eigenvalue weighted by molar-refractivity contribution is 6.33. The summed E-state index contributed by atoms with van der Waals surface area (Å²) in [5.74, 6) is 0.795. The largest absolute Gasteiger partial charge is 0.486 e. The number of ether oxygens (including phenoxy) is 2. The molecule has 1 amide bonds. The topological polar surface area (TPSA) is 61.6 Å². The van der Waals surface area contributed by atoms with Gasteiger partial charge in [-0.3, -0.25) is 0 Å². The average Bonchev–Trinajstić information content (AvgIpc) is 2.88. The van der Waals surface area contributed by atoms with Crippen molar-refractivity contribution >= 4 is 17.7 Å². The van der Waals surface area contributed by atoms with Gasteiger partial charge in [0.1, 0.15) is 18.5 Å². The number of primary amides is 1. The lowest BCUT2D eigenvalue weighted by molar-refractivity contribution is 0.0991. The van der Waals surface area contributed by atoms with E-state index in [2.05, 4.69) is 0 Å². The first-order valence-corrected chi connectivity index (χ1v) is 6.98. The summed E-state index contributed by atoms with van der Waals surface area (Å²) < 4.78 is 10.7. The van der Waals surface area contributed by atoms with Gasteiger partial charge < -0.3 is 15.2 Å². The van der Waals surface area contributed by atoms with Crippen molar-refractivity contribution in [2.45, 2.75) is 12.5 Å². The summed E-state index contributed by atoms with van der Waals surface area (Å²) in [6, 6.07) is 13.6. The van der Waals surface area contributed by atoms with Crippen molar-refractivity contribution in [2.24, 2.45) is 5.73 Å². The number of halogens is 1. The molecule has 4 nitrogen and oxygen atoms in total. The molecular weight excluding hydrogens is 290 g/mol. The van der Waals surface area contributed by atoms with Crippen LogP contribution < -0.4 is 10.5 Å². The number of para-hydroxylation sites is 1. The Morgan fingerprint density at radius 2 is 2.00 bits per heavy atom. The van der Waals surface area contributed by atoms with Crippen LogP contribution in [0.15, 0.2) is 42.5 Å². The SMILES string of the molecule is NC(=O)OCC1Cc2cccc(-c3ccccc3Cl)c2O1. The van der Waals surface area contributed by atoms with E-state index >= 15 is 0 Å². The third kappa shape index (κ3) is 2.81. The van der Waals surface area contributed by atoms with Crippen LogP contribution in [0.5, 0.6) is 5.75 Å². The van der Waals surface area contributed by atoms with E-state index in [9.17, 15) is 4.79 Å². The Labute approximate surface area is 127 Å². The molecule has 3 rings (SSSR count). The van der Waals surface area contributed by atoms with Crippen molar-refractivity contribution in [3.8, 4) is 16.9 Å². The van der Waals surface area contributed by atoms with E-state index in [0.717, 1.165) is 22.4 Å². The molecule has 0 bridgehead atoms. The number of fused-ring (bicyclic) bond motifs is 1. The van der Waals surface area contributed by atoms with E-state index in [1.54, 1.807) is 0 Å². The molecule has 0 aromatic heterocycles. The first kappa shape index (κ1) is 13.8. The van der Waals surface area contributed by atoms with Crippen molar-refractivity contribution in [1.82, 2.24) is 0 Å². The molecule has 1 unspecified atom stereocenters. The molecular formula is C16H14ClNO3. The van der Waals surface area contributed by atoms with Crippen LogP contribution in [0.3, 0.4) is 0 Å². The summed E-state index contributed by atoms with van der Waals surface area (Å²) in [5.41, 5.74) is 7.92. The van der Waals surface area contributed by atoms with Gasteiger partial charge in [-0.1, -0.05) is 48.0 Å². The number of benzene rings is 2. The van der Waals surface area contributed by atoms with Crippen molar-refractivity contribution in [2.75, 3.05) is 6.61 Å². The molecule has 0 fully saturated rings. The molecule has 2 aromatic carbocycles. The molecule has 2 N–H and O–H groups in total. The smallest absolute Gasteiger partial charge is 0.404 e. The Balaban J connectivity index is 1.90. The lowest BCUT2D eigenvalue weighted by Crippen LogP contribution is -2.25. The standard InChI is InChI=1S/C16H14ClNO3/c17-14-7-2-1-5-12(14)13-6-3-4-10-8-11(21-15(10)13)9-20-16(18)19/h1-7,11H,8-9H2,(H2,18,19). The maximum Gasteiger partial charge on any atom is 0.404 e. The minimum Gasteiger partial charge on any atom is -0.486 e. The second kappa shape index (κ2) is 5.66. The Bertz CT molecular complexity index is 687. The van der Waals surface area contributed by atoms with Gasteiger partial charge in [0.15, 0.2) is 0 Å². The zero-order valence-electron chi connectivity index (χ0n) is 11.2. The first-order chi connectivity index (χ1) is 10.1. The fourth-order valence-corrected chi connectivity index (χ4v) is 2.74. The van der Waals surface area contributed by atoms with Crippen LogP contribution in [0, 0.1) is 0 Å². The fraction of sp³-hybridized carbons (Fsp3) is 0.188. The van der Waals surface area contributed by atoms with Crippen LogP contribution in [-0.2, 0) is 11.2 Å². The minimum absolute atomic E-state index is 0.145. The summed E-state index contributed by atoms with van der Waals surface area (Å²) in [6.45, 7) is 0.145. The van der Waals surface area contributed by atoms with E-state index in [0.29, 0.717) is 11.4 Å². The molecule has 1 atom stereocenters. The Kier molecular flexibility index (Phi) is 3.71. The van der Waals surface area contributed by atoms with E-state index in [-0.39, 0.29) is 12.7 Å². The van der Waals surface area contributed by atoms with E-state index in [1.165, 1.54) is 0 Å². The second-order valence-corrected chi connectivity index (χ2v) is 5.25. The maximum absolute atomic E-state index is 10.7. The zero-order valence-corrected chi connectivity index (χ0v) is 12.0. The fourth-order valence-electron chi connectivity index (χ4n) is 2.50. The van der Waals surface area contributed by atoms with Gasteiger partial charge in [-0.15, -0.1) is 0 Å². The molecule has 0 saturated carbocycles. The molecule has 1 heterocycles. The summed E-state index contributed by atoms with van der Waals surface area (Å²) in [7, 11) is 0. The van der Waals surface area contributed by atoms with Crippen LogP contribution in [-0.4, -0.2) is 18.8 Å². The highest BCUT2D eigenvalue weighted by atomic mass is 35.5. The summed E-state index contributed by atoms with van der Waals surface area (Å²) in [5, 5.41) is 0.673. The average molecular weight is 304 g/mol. The number of carbonyl (C=O) groups is 1. The van der Waals surface area contributed by atoms with Gasteiger partial charge in [0, 0.05) is 22.6 Å². The highest BCUT2D eigenvalue weighted by Gasteiger charge is 2.27.